The number of carbonyl (C=O) groups is 1. The molecule has 0 radical (unpaired) electrons. The highest BCUT2D eigenvalue weighted by Crippen LogP contribution is 2.21. The molecule has 1 rings (SSSR count). The minimum atomic E-state index is -0.470. The summed E-state index contributed by atoms with van der Waals surface area (Å²) in [5.41, 5.74) is 7.15. The average Bonchev–Trinajstić information content (AvgIpc) is 2.30. The number of pyridine rings is 1. The molecule has 0 saturated carbocycles. The van der Waals surface area contributed by atoms with E-state index in [9.17, 15) is 4.79 Å². The summed E-state index contributed by atoms with van der Waals surface area (Å²) >= 11 is 0. The van der Waals surface area contributed by atoms with Crippen LogP contribution in [0.3, 0.4) is 0 Å². The number of nitrogens with zero attached hydrogens (tertiary/aromatic N) is 1. The maximum absolute atomic E-state index is 11.4. The molecule has 88 valence electrons. The number of methoxy groups -OCH3 is 2. The molecule has 1 heterocycles. The fourth-order valence-corrected chi connectivity index (χ4v) is 1.50. The van der Waals surface area contributed by atoms with Crippen molar-refractivity contribution in [3.8, 4) is 5.88 Å². The number of hydrogen-bond acceptors (Lipinski definition) is 5. The van der Waals surface area contributed by atoms with Crippen LogP contribution in [0.1, 0.15) is 17.0 Å². The third-order valence-electron chi connectivity index (χ3n) is 2.37. The molecule has 5 nitrogen and oxygen atoms in total. The summed E-state index contributed by atoms with van der Waals surface area (Å²) in [6, 6.07) is 1.83. The second-order valence-electron chi connectivity index (χ2n) is 3.41. The van der Waals surface area contributed by atoms with Gasteiger partial charge in [0.2, 0.25) is 5.88 Å². The van der Waals surface area contributed by atoms with Gasteiger partial charge < -0.3 is 15.2 Å². The first-order chi connectivity index (χ1) is 7.63. The molecule has 0 aromatic carbocycles. The van der Waals surface area contributed by atoms with E-state index in [1.54, 1.807) is 13.3 Å². The Labute approximate surface area is 94.6 Å². The number of hydrogen-bond donors (Lipinski definition) is 1. The van der Waals surface area contributed by atoms with Gasteiger partial charge in [-0.2, -0.15) is 0 Å². The van der Waals surface area contributed by atoms with E-state index in [0.29, 0.717) is 5.88 Å². The SMILES string of the molecule is COC(=O)C(CN)c1cnc(OC)c(C)c1. The van der Waals surface area contributed by atoms with Gasteiger partial charge in [0.1, 0.15) is 0 Å². The lowest BCUT2D eigenvalue weighted by Gasteiger charge is -2.13. The van der Waals surface area contributed by atoms with Gasteiger partial charge in [0.05, 0.1) is 20.1 Å². The Morgan fingerprint density at radius 2 is 2.25 bits per heavy atom. The van der Waals surface area contributed by atoms with Crippen LogP contribution < -0.4 is 10.5 Å². The number of aryl methyl sites for hydroxylation is 1. The predicted molar refractivity (Wildman–Crippen MR) is 59.3 cm³/mol. The molecule has 1 aromatic rings. The van der Waals surface area contributed by atoms with Gasteiger partial charge in [-0.25, -0.2) is 4.98 Å². The first-order valence-electron chi connectivity index (χ1n) is 4.92. The van der Waals surface area contributed by atoms with Crippen molar-refractivity contribution in [3.63, 3.8) is 0 Å². The highest BCUT2D eigenvalue weighted by atomic mass is 16.5. The van der Waals surface area contributed by atoms with Crippen LogP contribution in [0.25, 0.3) is 0 Å². The number of esters is 1. The summed E-state index contributed by atoms with van der Waals surface area (Å²) in [6.45, 7) is 2.06. The standard InChI is InChI=1S/C11H16N2O3/c1-7-4-8(6-13-10(7)15-2)9(5-12)11(14)16-3/h4,6,9H,5,12H2,1-3H3. The summed E-state index contributed by atoms with van der Waals surface area (Å²) in [7, 11) is 2.89. The van der Waals surface area contributed by atoms with E-state index in [4.69, 9.17) is 10.5 Å². The molecule has 0 bridgehead atoms. The molecule has 2 N–H and O–H groups in total. The van der Waals surface area contributed by atoms with Crippen molar-refractivity contribution < 1.29 is 14.3 Å². The molecule has 1 aromatic heterocycles. The van der Waals surface area contributed by atoms with E-state index >= 15 is 0 Å². The van der Waals surface area contributed by atoms with E-state index in [1.165, 1.54) is 7.11 Å². The zero-order valence-corrected chi connectivity index (χ0v) is 9.69. The molecule has 0 spiro atoms. The Hall–Kier alpha value is -1.62. The van der Waals surface area contributed by atoms with Gasteiger partial charge in [-0.3, -0.25) is 4.79 Å². The third-order valence-corrected chi connectivity index (χ3v) is 2.37. The minimum absolute atomic E-state index is 0.195. The third kappa shape index (κ3) is 2.49. The van der Waals surface area contributed by atoms with Gasteiger partial charge >= 0.3 is 5.97 Å². The van der Waals surface area contributed by atoms with Crippen LogP contribution in [0.5, 0.6) is 5.88 Å². The fourth-order valence-electron chi connectivity index (χ4n) is 1.50. The molecule has 1 atom stereocenters. The van der Waals surface area contributed by atoms with Gasteiger partial charge in [0, 0.05) is 18.3 Å². The monoisotopic (exact) mass is 224 g/mol. The van der Waals surface area contributed by atoms with Crippen molar-refractivity contribution in [1.29, 1.82) is 0 Å². The zero-order valence-electron chi connectivity index (χ0n) is 9.69. The zero-order chi connectivity index (χ0) is 12.1. The van der Waals surface area contributed by atoms with E-state index in [0.717, 1.165) is 11.1 Å². The summed E-state index contributed by atoms with van der Waals surface area (Å²) in [5.74, 6) is -0.277. The van der Waals surface area contributed by atoms with Gasteiger partial charge in [-0.15, -0.1) is 0 Å². The first-order valence-corrected chi connectivity index (χ1v) is 4.92. The number of ether oxygens (including phenoxy) is 2. The molecule has 0 aliphatic rings. The average molecular weight is 224 g/mol. The van der Waals surface area contributed by atoms with Crippen molar-refractivity contribution in [1.82, 2.24) is 4.98 Å². The Morgan fingerprint density at radius 3 is 2.69 bits per heavy atom. The van der Waals surface area contributed by atoms with Gasteiger partial charge in [-0.1, -0.05) is 0 Å². The van der Waals surface area contributed by atoms with Crippen molar-refractivity contribution in [2.45, 2.75) is 12.8 Å². The highest BCUT2D eigenvalue weighted by molar-refractivity contribution is 5.78. The van der Waals surface area contributed by atoms with Crippen LogP contribution in [0, 0.1) is 6.92 Å². The number of aromatic nitrogens is 1. The van der Waals surface area contributed by atoms with Crippen LogP contribution in [-0.4, -0.2) is 31.7 Å². The Bertz CT molecular complexity index is 379. The van der Waals surface area contributed by atoms with Gasteiger partial charge in [0.15, 0.2) is 0 Å². The lowest BCUT2D eigenvalue weighted by Crippen LogP contribution is -2.23. The highest BCUT2D eigenvalue weighted by Gasteiger charge is 2.20. The van der Waals surface area contributed by atoms with Crippen molar-refractivity contribution >= 4 is 5.97 Å². The van der Waals surface area contributed by atoms with E-state index in [1.807, 2.05) is 13.0 Å². The Balaban J connectivity index is 3.03. The maximum Gasteiger partial charge on any atom is 0.314 e. The van der Waals surface area contributed by atoms with Crippen LogP contribution in [-0.2, 0) is 9.53 Å². The van der Waals surface area contributed by atoms with Crippen LogP contribution in [0.2, 0.25) is 0 Å². The summed E-state index contributed by atoms with van der Waals surface area (Å²) in [6.07, 6.45) is 1.58. The van der Waals surface area contributed by atoms with E-state index in [2.05, 4.69) is 9.72 Å². The molecule has 0 aliphatic heterocycles. The van der Waals surface area contributed by atoms with Crippen LogP contribution in [0.4, 0.5) is 0 Å². The minimum Gasteiger partial charge on any atom is -0.481 e. The largest absolute Gasteiger partial charge is 0.481 e. The quantitative estimate of drug-likeness (QED) is 0.758. The number of rotatable bonds is 4. The molecular formula is C11H16N2O3. The molecular weight excluding hydrogens is 208 g/mol. The molecule has 0 amide bonds. The number of carbonyl (C=O) groups excluding carboxylic acids is 1. The van der Waals surface area contributed by atoms with Crippen LogP contribution in [0.15, 0.2) is 12.3 Å². The molecule has 1 unspecified atom stereocenters. The van der Waals surface area contributed by atoms with Crippen molar-refractivity contribution in [2.24, 2.45) is 5.73 Å². The molecule has 5 heteroatoms. The fraction of sp³-hybridized carbons (Fsp3) is 0.455. The molecule has 0 aliphatic carbocycles. The topological polar surface area (TPSA) is 74.4 Å². The summed E-state index contributed by atoms with van der Waals surface area (Å²) in [4.78, 5) is 15.5. The number of nitrogens with two attached hydrogens (primary N) is 1. The Morgan fingerprint density at radius 1 is 1.56 bits per heavy atom. The Kier molecular flexibility index (Phi) is 4.25. The lowest BCUT2D eigenvalue weighted by atomic mass is 10.00. The molecule has 16 heavy (non-hydrogen) atoms. The summed E-state index contributed by atoms with van der Waals surface area (Å²) in [5, 5.41) is 0. The molecule has 0 fully saturated rings. The second kappa shape index (κ2) is 5.46. The lowest BCUT2D eigenvalue weighted by molar-refractivity contribution is -0.142. The predicted octanol–water partition coefficient (Wildman–Crippen LogP) is 0.614. The maximum atomic E-state index is 11.4. The normalized spacial score (nSPS) is 12.0. The van der Waals surface area contributed by atoms with E-state index in [-0.39, 0.29) is 12.5 Å². The summed E-state index contributed by atoms with van der Waals surface area (Å²) < 4.78 is 9.72. The second-order valence-corrected chi connectivity index (χ2v) is 3.41. The van der Waals surface area contributed by atoms with Gasteiger partial charge in [0.25, 0.3) is 0 Å². The first kappa shape index (κ1) is 12.4. The van der Waals surface area contributed by atoms with Crippen LogP contribution >= 0.6 is 0 Å². The van der Waals surface area contributed by atoms with Crippen molar-refractivity contribution in [3.05, 3.63) is 23.4 Å². The van der Waals surface area contributed by atoms with Crippen molar-refractivity contribution in [2.75, 3.05) is 20.8 Å². The van der Waals surface area contributed by atoms with E-state index < -0.39 is 5.92 Å². The molecule has 0 saturated heterocycles. The van der Waals surface area contributed by atoms with Gasteiger partial charge in [-0.05, 0) is 18.6 Å². The smallest absolute Gasteiger partial charge is 0.314 e.